The first-order valence-electron chi connectivity index (χ1n) is 3.37. The standard InChI is InChI=1S/C8H6FNO3/c9-5-1-3-6(4-2-5)13-8(12)7(10)11/h1-4H,(H2,10,11). The highest BCUT2D eigenvalue weighted by molar-refractivity contribution is 6.32. The van der Waals surface area contributed by atoms with Crippen molar-refractivity contribution in [1.29, 1.82) is 0 Å². The number of ether oxygens (including phenoxy) is 1. The minimum absolute atomic E-state index is 0.0743. The minimum atomic E-state index is -1.19. The van der Waals surface area contributed by atoms with E-state index in [1.165, 1.54) is 12.1 Å². The summed E-state index contributed by atoms with van der Waals surface area (Å²) in [7, 11) is 0. The highest BCUT2D eigenvalue weighted by Crippen LogP contribution is 2.10. The first kappa shape index (κ1) is 9.18. The number of benzene rings is 1. The second kappa shape index (κ2) is 3.66. The van der Waals surface area contributed by atoms with Crippen LogP contribution in [0.1, 0.15) is 0 Å². The molecule has 0 atom stereocenters. The summed E-state index contributed by atoms with van der Waals surface area (Å²) in [6.45, 7) is 0. The summed E-state index contributed by atoms with van der Waals surface area (Å²) in [5.41, 5.74) is 4.63. The van der Waals surface area contributed by atoms with E-state index in [9.17, 15) is 14.0 Å². The van der Waals surface area contributed by atoms with Crippen LogP contribution < -0.4 is 10.5 Å². The number of primary amides is 1. The predicted octanol–water partition coefficient (Wildman–Crippen LogP) is 0.216. The number of hydrogen-bond donors (Lipinski definition) is 1. The third kappa shape index (κ3) is 2.55. The maximum atomic E-state index is 12.4. The molecule has 5 heteroatoms. The average molecular weight is 183 g/mol. The number of carbonyl (C=O) groups excluding carboxylic acids is 2. The van der Waals surface area contributed by atoms with Crippen LogP contribution in [0.4, 0.5) is 4.39 Å². The Morgan fingerprint density at radius 2 is 1.77 bits per heavy atom. The van der Waals surface area contributed by atoms with Crippen LogP contribution >= 0.6 is 0 Å². The number of esters is 1. The lowest BCUT2D eigenvalue weighted by atomic mass is 10.3. The van der Waals surface area contributed by atoms with E-state index in [0.717, 1.165) is 12.1 Å². The van der Waals surface area contributed by atoms with Gasteiger partial charge in [-0.25, -0.2) is 9.18 Å². The van der Waals surface area contributed by atoms with E-state index in [1.54, 1.807) is 0 Å². The van der Waals surface area contributed by atoms with E-state index in [-0.39, 0.29) is 5.75 Å². The van der Waals surface area contributed by atoms with Gasteiger partial charge in [0, 0.05) is 0 Å². The molecule has 68 valence electrons. The topological polar surface area (TPSA) is 69.4 Å². The number of carbonyl (C=O) groups is 2. The minimum Gasteiger partial charge on any atom is -0.419 e. The molecule has 1 rings (SSSR count). The van der Waals surface area contributed by atoms with Gasteiger partial charge >= 0.3 is 11.9 Å². The van der Waals surface area contributed by atoms with Crippen LogP contribution in [-0.2, 0) is 9.59 Å². The van der Waals surface area contributed by atoms with Crippen molar-refractivity contribution in [2.45, 2.75) is 0 Å². The lowest BCUT2D eigenvalue weighted by Crippen LogP contribution is -2.27. The number of rotatable bonds is 1. The zero-order valence-electron chi connectivity index (χ0n) is 6.49. The van der Waals surface area contributed by atoms with Crippen molar-refractivity contribution >= 4 is 11.9 Å². The zero-order chi connectivity index (χ0) is 9.84. The lowest BCUT2D eigenvalue weighted by molar-refractivity contribution is -0.146. The molecule has 1 aromatic carbocycles. The Morgan fingerprint density at radius 1 is 1.23 bits per heavy atom. The Kier molecular flexibility index (Phi) is 2.59. The van der Waals surface area contributed by atoms with Crippen LogP contribution in [0.25, 0.3) is 0 Å². The highest BCUT2D eigenvalue weighted by atomic mass is 19.1. The van der Waals surface area contributed by atoms with Gasteiger partial charge in [-0.1, -0.05) is 0 Å². The molecule has 0 spiro atoms. The SMILES string of the molecule is NC(=O)C(=O)Oc1ccc(F)cc1. The monoisotopic (exact) mass is 183 g/mol. The molecule has 0 bridgehead atoms. The van der Waals surface area contributed by atoms with Gasteiger partial charge in [0.1, 0.15) is 11.6 Å². The first-order chi connectivity index (χ1) is 6.09. The van der Waals surface area contributed by atoms with Crippen LogP contribution in [0.15, 0.2) is 24.3 Å². The van der Waals surface area contributed by atoms with E-state index < -0.39 is 17.7 Å². The van der Waals surface area contributed by atoms with Gasteiger partial charge in [0.05, 0.1) is 0 Å². The van der Waals surface area contributed by atoms with Gasteiger partial charge < -0.3 is 10.5 Å². The van der Waals surface area contributed by atoms with Crippen molar-refractivity contribution < 1.29 is 18.7 Å². The first-order valence-corrected chi connectivity index (χ1v) is 3.37. The van der Waals surface area contributed by atoms with Gasteiger partial charge in [-0.05, 0) is 24.3 Å². The molecule has 4 nitrogen and oxygen atoms in total. The van der Waals surface area contributed by atoms with Gasteiger partial charge in [0.2, 0.25) is 0 Å². The average Bonchev–Trinajstić information content (AvgIpc) is 2.08. The second-order valence-electron chi connectivity index (χ2n) is 2.21. The van der Waals surface area contributed by atoms with Gasteiger partial charge in [-0.15, -0.1) is 0 Å². The van der Waals surface area contributed by atoms with Crippen LogP contribution in [0, 0.1) is 5.82 Å². The molecule has 0 saturated carbocycles. The molecule has 0 heterocycles. The quantitative estimate of drug-likeness (QED) is 0.384. The Hall–Kier alpha value is -1.91. The van der Waals surface area contributed by atoms with Gasteiger partial charge in [0.15, 0.2) is 0 Å². The summed E-state index contributed by atoms with van der Waals surface area (Å²) in [6.07, 6.45) is 0. The van der Waals surface area contributed by atoms with Crippen molar-refractivity contribution in [3.05, 3.63) is 30.1 Å². The third-order valence-electron chi connectivity index (χ3n) is 1.23. The summed E-state index contributed by atoms with van der Waals surface area (Å²) in [5.74, 6) is -2.75. The Labute approximate surface area is 73.1 Å². The summed E-state index contributed by atoms with van der Waals surface area (Å²) in [5, 5.41) is 0. The number of nitrogens with two attached hydrogens (primary N) is 1. The Bertz CT molecular complexity index is 334. The van der Waals surface area contributed by atoms with Crippen molar-refractivity contribution in [3.8, 4) is 5.75 Å². The number of hydrogen-bond acceptors (Lipinski definition) is 3. The summed E-state index contributed by atoms with van der Waals surface area (Å²) in [4.78, 5) is 20.9. The predicted molar refractivity (Wildman–Crippen MR) is 41.2 cm³/mol. The molecule has 0 saturated heterocycles. The van der Waals surface area contributed by atoms with Crippen molar-refractivity contribution in [1.82, 2.24) is 0 Å². The largest absolute Gasteiger partial charge is 0.419 e. The smallest absolute Gasteiger partial charge is 0.401 e. The molecule has 2 N–H and O–H groups in total. The molecular formula is C8H6FNO3. The molecule has 1 amide bonds. The number of amides is 1. The van der Waals surface area contributed by atoms with Crippen LogP contribution in [0.5, 0.6) is 5.75 Å². The van der Waals surface area contributed by atoms with Crippen molar-refractivity contribution in [2.24, 2.45) is 5.73 Å². The molecule has 13 heavy (non-hydrogen) atoms. The summed E-state index contributed by atoms with van der Waals surface area (Å²) in [6, 6.07) is 4.64. The van der Waals surface area contributed by atoms with E-state index in [4.69, 9.17) is 0 Å². The lowest BCUT2D eigenvalue weighted by Gasteiger charge is -1.99. The fourth-order valence-electron chi connectivity index (χ4n) is 0.660. The third-order valence-corrected chi connectivity index (χ3v) is 1.23. The summed E-state index contributed by atoms with van der Waals surface area (Å²) >= 11 is 0. The van der Waals surface area contributed by atoms with E-state index in [0.29, 0.717) is 0 Å². The molecule has 0 aliphatic heterocycles. The highest BCUT2D eigenvalue weighted by Gasteiger charge is 2.10. The molecule has 0 aromatic heterocycles. The fraction of sp³-hybridized carbons (Fsp3) is 0. The Balaban J connectivity index is 2.70. The van der Waals surface area contributed by atoms with E-state index >= 15 is 0 Å². The Morgan fingerprint density at radius 3 is 2.23 bits per heavy atom. The van der Waals surface area contributed by atoms with Crippen molar-refractivity contribution in [2.75, 3.05) is 0 Å². The maximum absolute atomic E-state index is 12.4. The molecule has 1 aromatic rings. The molecule has 0 unspecified atom stereocenters. The molecule has 0 aliphatic carbocycles. The van der Waals surface area contributed by atoms with Crippen LogP contribution in [0.2, 0.25) is 0 Å². The fourth-order valence-corrected chi connectivity index (χ4v) is 0.660. The second-order valence-corrected chi connectivity index (χ2v) is 2.21. The summed E-state index contributed by atoms with van der Waals surface area (Å²) < 4.78 is 16.8. The van der Waals surface area contributed by atoms with E-state index in [2.05, 4.69) is 10.5 Å². The van der Waals surface area contributed by atoms with Gasteiger partial charge in [0.25, 0.3) is 0 Å². The molecular weight excluding hydrogens is 177 g/mol. The van der Waals surface area contributed by atoms with Crippen molar-refractivity contribution in [3.63, 3.8) is 0 Å². The van der Waals surface area contributed by atoms with Gasteiger partial charge in [-0.2, -0.15) is 0 Å². The van der Waals surface area contributed by atoms with Gasteiger partial charge in [-0.3, -0.25) is 4.79 Å². The van der Waals surface area contributed by atoms with Crippen LogP contribution in [-0.4, -0.2) is 11.9 Å². The zero-order valence-corrected chi connectivity index (χ0v) is 6.49. The normalized spacial score (nSPS) is 9.31. The molecule has 0 radical (unpaired) electrons. The van der Waals surface area contributed by atoms with E-state index in [1.807, 2.05) is 0 Å². The maximum Gasteiger partial charge on any atom is 0.401 e. The number of halogens is 1. The van der Waals surface area contributed by atoms with Crippen LogP contribution in [0.3, 0.4) is 0 Å². The molecule has 0 fully saturated rings. The molecule has 0 aliphatic rings.